The van der Waals surface area contributed by atoms with E-state index in [4.69, 9.17) is 0 Å². The molecule has 1 fully saturated rings. The van der Waals surface area contributed by atoms with E-state index in [1.54, 1.807) is 12.1 Å². The van der Waals surface area contributed by atoms with Crippen LogP contribution in [-0.4, -0.2) is 42.4 Å². The Hall–Kier alpha value is -1.42. The van der Waals surface area contributed by atoms with Crippen LogP contribution in [0.2, 0.25) is 0 Å². The van der Waals surface area contributed by atoms with Gasteiger partial charge in [-0.25, -0.2) is 4.39 Å². The molecule has 0 bridgehead atoms. The maximum Gasteiger partial charge on any atom is 0.225 e. The summed E-state index contributed by atoms with van der Waals surface area (Å²) in [6, 6.07) is 6.76. The number of amides is 1. The first-order chi connectivity index (χ1) is 9.00. The lowest BCUT2D eigenvalue weighted by Crippen LogP contribution is -2.50. The van der Waals surface area contributed by atoms with E-state index in [0.29, 0.717) is 12.1 Å². The summed E-state index contributed by atoms with van der Waals surface area (Å²) in [5, 5.41) is 0. The van der Waals surface area contributed by atoms with E-state index in [-0.39, 0.29) is 23.7 Å². The van der Waals surface area contributed by atoms with Crippen molar-refractivity contribution in [3.63, 3.8) is 0 Å². The maximum atomic E-state index is 13.9. The highest BCUT2D eigenvalue weighted by atomic mass is 19.1. The van der Waals surface area contributed by atoms with Crippen LogP contribution in [0.5, 0.6) is 0 Å². The lowest BCUT2D eigenvalue weighted by molar-refractivity contribution is -0.137. The van der Waals surface area contributed by atoms with Gasteiger partial charge in [-0.15, -0.1) is 0 Å². The second-order valence-corrected chi connectivity index (χ2v) is 5.46. The Kier molecular flexibility index (Phi) is 4.20. The number of carbonyl (C=O) groups is 1. The van der Waals surface area contributed by atoms with Gasteiger partial charge in [-0.3, -0.25) is 9.69 Å². The molecule has 1 aromatic carbocycles. The van der Waals surface area contributed by atoms with Crippen LogP contribution in [0.25, 0.3) is 0 Å². The molecule has 0 spiro atoms. The minimum absolute atomic E-state index is 0.00956. The maximum absolute atomic E-state index is 13.9. The molecule has 1 aliphatic rings. The van der Waals surface area contributed by atoms with Crippen LogP contribution < -0.4 is 0 Å². The summed E-state index contributed by atoms with van der Waals surface area (Å²) in [5.41, 5.74) is 0.672. The number of nitrogens with zero attached hydrogens (tertiary/aromatic N) is 2. The highest BCUT2D eigenvalue weighted by Gasteiger charge is 2.30. The molecule has 2 rings (SSSR count). The molecule has 104 valence electrons. The number of piperazine rings is 1. The normalized spacial score (nSPS) is 20.9. The Balaban J connectivity index is 2.20. The van der Waals surface area contributed by atoms with E-state index in [2.05, 4.69) is 4.90 Å². The van der Waals surface area contributed by atoms with Crippen molar-refractivity contribution in [2.45, 2.75) is 19.9 Å². The lowest BCUT2D eigenvalue weighted by Gasteiger charge is -2.40. The van der Waals surface area contributed by atoms with Gasteiger partial charge in [-0.2, -0.15) is 0 Å². The Morgan fingerprint density at radius 2 is 2.00 bits per heavy atom. The largest absolute Gasteiger partial charge is 0.339 e. The molecule has 19 heavy (non-hydrogen) atoms. The molecule has 0 aliphatic carbocycles. The molecule has 3 nitrogen and oxygen atoms in total. The molecular formula is C15H21FN2O. The molecule has 1 aromatic rings. The van der Waals surface area contributed by atoms with Crippen molar-refractivity contribution in [1.29, 1.82) is 0 Å². The highest BCUT2D eigenvalue weighted by molar-refractivity contribution is 5.78. The zero-order valence-corrected chi connectivity index (χ0v) is 11.8. The third-order valence-electron chi connectivity index (χ3n) is 3.72. The van der Waals surface area contributed by atoms with Crippen molar-refractivity contribution in [3.8, 4) is 0 Å². The van der Waals surface area contributed by atoms with Gasteiger partial charge in [0.1, 0.15) is 5.82 Å². The molecule has 0 saturated carbocycles. The molecule has 1 atom stereocenters. The number of hydrogen-bond acceptors (Lipinski definition) is 2. The number of halogens is 1. The van der Waals surface area contributed by atoms with E-state index in [1.165, 1.54) is 6.07 Å². The summed E-state index contributed by atoms with van der Waals surface area (Å²) in [7, 11) is 1.98. The van der Waals surface area contributed by atoms with E-state index >= 15 is 0 Å². The molecule has 0 radical (unpaired) electrons. The number of hydrogen-bond donors (Lipinski definition) is 0. The minimum atomic E-state index is -0.196. The van der Waals surface area contributed by atoms with Crippen LogP contribution >= 0.6 is 0 Å². The number of rotatable bonds is 2. The average Bonchev–Trinajstić information content (AvgIpc) is 2.39. The summed E-state index contributed by atoms with van der Waals surface area (Å²) in [5.74, 6) is -0.0580. The molecule has 0 aromatic heterocycles. The molecule has 1 heterocycles. The lowest BCUT2D eigenvalue weighted by atomic mass is 10.0. The SMILES string of the molecule is CC(C)C(=O)N1CCN(C)C(c2ccccc2F)C1. The fourth-order valence-corrected chi connectivity index (χ4v) is 2.52. The van der Waals surface area contributed by atoms with Crippen molar-refractivity contribution in [3.05, 3.63) is 35.6 Å². The van der Waals surface area contributed by atoms with Gasteiger partial charge in [0.25, 0.3) is 0 Å². The summed E-state index contributed by atoms with van der Waals surface area (Å²) in [4.78, 5) is 16.0. The topological polar surface area (TPSA) is 23.6 Å². The monoisotopic (exact) mass is 264 g/mol. The van der Waals surface area contributed by atoms with Crippen LogP contribution in [0.15, 0.2) is 24.3 Å². The molecular weight excluding hydrogens is 243 g/mol. The standard InChI is InChI=1S/C15H21FN2O/c1-11(2)15(19)18-9-8-17(3)14(10-18)12-6-4-5-7-13(12)16/h4-7,11,14H,8-10H2,1-3H3. The third-order valence-corrected chi connectivity index (χ3v) is 3.72. The fraction of sp³-hybridized carbons (Fsp3) is 0.533. The highest BCUT2D eigenvalue weighted by Crippen LogP contribution is 2.26. The first kappa shape index (κ1) is 14.0. The minimum Gasteiger partial charge on any atom is -0.339 e. The second-order valence-electron chi connectivity index (χ2n) is 5.46. The Labute approximate surface area is 114 Å². The number of likely N-dealkylation sites (N-methyl/N-ethyl adjacent to an activating group) is 1. The van der Waals surface area contributed by atoms with Gasteiger partial charge in [-0.1, -0.05) is 32.0 Å². The predicted octanol–water partition coefficient (Wildman–Crippen LogP) is 2.30. The molecule has 1 aliphatic heterocycles. The Bertz CT molecular complexity index is 461. The van der Waals surface area contributed by atoms with E-state index in [0.717, 1.165) is 13.1 Å². The van der Waals surface area contributed by atoms with Crippen LogP contribution in [0.4, 0.5) is 4.39 Å². The van der Waals surface area contributed by atoms with Gasteiger partial charge in [0.15, 0.2) is 0 Å². The van der Waals surface area contributed by atoms with Gasteiger partial charge in [0.05, 0.1) is 6.04 Å². The van der Waals surface area contributed by atoms with E-state index < -0.39 is 0 Å². The Morgan fingerprint density at radius 1 is 1.32 bits per heavy atom. The molecule has 1 amide bonds. The number of benzene rings is 1. The second kappa shape index (κ2) is 5.70. The number of carbonyl (C=O) groups excluding carboxylic acids is 1. The average molecular weight is 264 g/mol. The first-order valence-electron chi connectivity index (χ1n) is 6.74. The summed E-state index contributed by atoms with van der Waals surface area (Å²) in [6.45, 7) is 5.86. The quantitative estimate of drug-likeness (QED) is 0.818. The van der Waals surface area contributed by atoms with Crippen LogP contribution in [-0.2, 0) is 4.79 Å². The van der Waals surface area contributed by atoms with Gasteiger partial charge < -0.3 is 4.90 Å². The predicted molar refractivity (Wildman–Crippen MR) is 73.2 cm³/mol. The Morgan fingerprint density at radius 3 is 2.63 bits per heavy atom. The molecule has 1 saturated heterocycles. The van der Waals surface area contributed by atoms with Crippen molar-refractivity contribution < 1.29 is 9.18 Å². The van der Waals surface area contributed by atoms with Gasteiger partial charge in [0.2, 0.25) is 5.91 Å². The van der Waals surface area contributed by atoms with Crippen molar-refractivity contribution in [2.24, 2.45) is 5.92 Å². The van der Waals surface area contributed by atoms with Crippen LogP contribution in [0, 0.1) is 11.7 Å². The fourth-order valence-electron chi connectivity index (χ4n) is 2.52. The summed E-state index contributed by atoms with van der Waals surface area (Å²) < 4.78 is 13.9. The summed E-state index contributed by atoms with van der Waals surface area (Å²) in [6.07, 6.45) is 0. The van der Waals surface area contributed by atoms with Crippen LogP contribution in [0.1, 0.15) is 25.5 Å². The zero-order valence-electron chi connectivity index (χ0n) is 11.8. The molecule has 4 heteroatoms. The van der Waals surface area contributed by atoms with Crippen molar-refractivity contribution in [2.75, 3.05) is 26.7 Å². The zero-order chi connectivity index (χ0) is 14.0. The molecule has 0 N–H and O–H groups in total. The van der Waals surface area contributed by atoms with Crippen molar-refractivity contribution >= 4 is 5.91 Å². The summed E-state index contributed by atoms with van der Waals surface area (Å²) >= 11 is 0. The van der Waals surface area contributed by atoms with E-state index in [9.17, 15) is 9.18 Å². The molecule has 1 unspecified atom stereocenters. The third kappa shape index (κ3) is 2.95. The van der Waals surface area contributed by atoms with Crippen LogP contribution in [0.3, 0.4) is 0 Å². The van der Waals surface area contributed by atoms with E-state index in [1.807, 2.05) is 31.9 Å². The van der Waals surface area contributed by atoms with Gasteiger partial charge in [0, 0.05) is 31.1 Å². The van der Waals surface area contributed by atoms with Crippen molar-refractivity contribution in [1.82, 2.24) is 9.80 Å². The van der Waals surface area contributed by atoms with Gasteiger partial charge >= 0.3 is 0 Å². The first-order valence-corrected chi connectivity index (χ1v) is 6.74. The van der Waals surface area contributed by atoms with Gasteiger partial charge in [-0.05, 0) is 13.1 Å². The smallest absolute Gasteiger partial charge is 0.225 e.